The number of ether oxygens (including phenoxy) is 1. The molecule has 1 aliphatic rings. The van der Waals surface area contributed by atoms with Gasteiger partial charge in [0.25, 0.3) is 0 Å². The first-order valence-corrected chi connectivity index (χ1v) is 8.34. The van der Waals surface area contributed by atoms with Gasteiger partial charge in [-0.1, -0.05) is 23.2 Å². The van der Waals surface area contributed by atoms with Crippen LogP contribution in [0.3, 0.4) is 0 Å². The van der Waals surface area contributed by atoms with Gasteiger partial charge in [0.15, 0.2) is 0 Å². The molecule has 0 spiro atoms. The van der Waals surface area contributed by atoms with Crippen LogP contribution in [0.15, 0.2) is 18.2 Å². The lowest BCUT2D eigenvalue weighted by Crippen LogP contribution is -2.42. The molecule has 0 N–H and O–H groups in total. The van der Waals surface area contributed by atoms with Gasteiger partial charge in [0.05, 0.1) is 18.5 Å². The first kappa shape index (κ1) is 15.1. The average molecular weight is 324 g/mol. The second-order valence-electron chi connectivity index (χ2n) is 4.32. The normalized spacial score (nSPS) is 21.5. The fraction of sp³-hybridized carbons (Fsp3) is 0.500. The number of hydrogen-bond donors (Lipinski definition) is 0. The molecular weight excluding hydrogens is 309 g/mol. The Morgan fingerprint density at radius 2 is 1.95 bits per heavy atom. The number of nitrogens with zero attached hydrogens (tertiary/aromatic N) is 1. The van der Waals surface area contributed by atoms with Crippen LogP contribution in [-0.2, 0) is 14.8 Å². The Balaban J connectivity index is 2.22. The van der Waals surface area contributed by atoms with Crippen LogP contribution >= 0.6 is 23.2 Å². The maximum absolute atomic E-state index is 11.9. The summed E-state index contributed by atoms with van der Waals surface area (Å²) in [4.78, 5) is 0. The number of benzene rings is 1. The standard InChI is InChI=1S/C12H15Cl2NO3S/c1-2-19(16,17)15-3-4-18-12(8-15)9-5-10(13)7-11(14)6-9/h5-7,12H,2-4,8H2,1H3/t12-/m0/s1. The van der Waals surface area contributed by atoms with Crippen molar-refractivity contribution in [2.24, 2.45) is 0 Å². The average Bonchev–Trinajstić information content (AvgIpc) is 2.38. The van der Waals surface area contributed by atoms with Crippen LogP contribution in [0.2, 0.25) is 10.0 Å². The molecule has 0 unspecified atom stereocenters. The van der Waals surface area contributed by atoms with Crippen molar-refractivity contribution >= 4 is 33.2 Å². The Bertz CT molecular complexity index is 542. The van der Waals surface area contributed by atoms with Crippen molar-refractivity contribution < 1.29 is 13.2 Å². The fourth-order valence-corrected chi connectivity index (χ4v) is 3.65. The molecule has 0 aliphatic carbocycles. The van der Waals surface area contributed by atoms with Crippen LogP contribution in [0.5, 0.6) is 0 Å². The van der Waals surface area contributed by atoms with Crippen molar-refractivity contribution in [3.8, 4) is 0 Å². The van der Waals surface area contributed by atoms with Crippen molar-refractivity contribution in [2.75, 3.05) is 25.4 Å². The van der Waals surface area contributed by atoms with Crippen LogP contribution in [0.1, 0.15) is 18.6 Å². The first-order valence-electron chi connectivity index (χ1n) is 5.98. The molecular formula is C12H15Cl2NO3S. The lowest BCUT2D eigenvalue weighted by Gasteiger charge is -2.32. The summed E-state index contributed by atoms with van der Waals surface area (Å²) < 4.78 is 30.8. The zero-order valence-corrected chi connectivity index (χ0v) is 12.8. The van der Waals surface area contributed by atoms with Crippen LogP contribution in [-0.4, -0.2) is 38.2 Å². The predicted molar refractivity (Wildman–Crippen MR) is 76.2 cm³/mol. The van der Waals surface area contributed by atoms with Crippen LogP contribution in [0, 0.1) is 0 Å². The van der Waals surface area contributed by atoms with Crippen molar-refractivity contribution in [3.05, 3.63) is 33.8 Å². The van der Waals surface area contributed by atoms with E-state index in [1.807, 2.05) is 0 Å². The minimum absolute atomic E-state index is 0.0933. The quantitative estimate of drug-likeness (QED) is 0.859. The topological polar surface area (TPSA) is 46.6 Å². The summed E-state index contributed by atoms with van der Waals surface area (Å²) in [5.41, 5.74) is 0.800. The third-order valence-corrected chi connectivity index (χ3v) is 5.33. The number of halogens is 2. The van der Waals surface area contributed by atoms with E-state index < -0.39 is 10.0 Å². The molecule has 0 saturated carbocycles. The Morgan fingerprint density at radius 3 is 2.53 bits per heavy atom. The van der Waals surface area contributed by atoms with Crippen LogP contribution < -0.4 is 0 Å². The minimum atomic E-state index is -3.20. The van der Waals surface area contributed by atoms with E-state index in [1.54, 1.807) is 25.1 Å². The molecule has 1 fully saturated rings. The van der Waals surface area contributed by atoms with Gasteiger partial charge >= 0.3 is 0 Å². The zero-order chi connectivity index (χ0) is 14.0. The molecule has 0 amide bonds. The molecule has 1 saturated heterocycles. The SMILES string of the molecule is CCS(=O)(=O)N1CCO[C@H](c2cc(Cl)cc(Cl)c2)C1. The number of morpholine rings is 1. The second kappa shape index (κ2) is 5.97. The Hall–Kier alpha value is -0.330. The highest BCUT2D eigenvalue weighted by atomic mass is 35.5. The van der Waals surface area contributed by atoms with Gasteiger partial charge in [0.2, 0.25) is 10.0 Å². The van der Waals surface area contributed by atoms with Gasteiger partial charge in [-0.2, -0.15) is 4.31 Å². The van der Waals surface area contributed by atoms with E-state index in [1.165, 1.54) is 4.31 Å². The summed E-state index contributed by atoms with van der Waals surface area (Å²) in [5, 5.41) is 1.03. The molecule has 4 nitrogen and oxygen atoms in total. The van der Waals surface area contributed by atoms with E-state index in [0.29, 0.717) is 29.7 Å². The third-order valence-electron chi connectivity index (χ3n) is 3.04. The number of rotatable bonds is 3. The van der Waals surface area contributed by atoms with E-state index in [-0.39, 0.29) is 11.9 Å². The van der Waals surface area contributed by atoms with Gasteiger partial charge in [0.1, 0.15) is 0 Å². The Labute approximate surface area is 123 Å². The van der Waals surface area contributed by atoms with E-state index in [2.05, 4.69) is 0 Å². The zero-order valence-electron chi connectivity index (χ0n) is 10.5. The van der Waals surface area contributed by atoms with Crippen molar-refractivity contribution in [1.29, 1.82) is 0 Å². The minimum Gasteiger partial charge on any atom is -0.371 e. The highest BCUT2D eigenvalue weighted by Crippen LogP contribution is 2.28. The van der Waals surface area contributed by atoms with Crippen LogP contribution in [0.4, 0.5) is 0 Å². The molecule has 0 radical (unpaired) electrons. The Morgan fingerprint density at radius 1 is 1.32 bits per heavy atom. The van der Waals surface area contributed by atoms with E-state index >= 15 is 0 Å². The molecule has 1 aromatic carbocycles. The molecule has 2 rings (SSSR count). The van der Waals surface area contributed by atoms with Gasteiger partial charge < -0.3 is 4.74 Å². The second-order valence-corrected chi connectivity index (χ2v) is 7.45. The van der Waals surface area contributed by atoms with Crippen molar-refractivity contribution in [3.63, 3.8) is 0 Å². The molecule has 106 valence electrons. The number of hydrogen-bond acceptors (Lipinski definition) is 3. The molecule has 1 aromatic rings. The molecule has 1 atom stereocenters. The smallest absolute Gasteiger partial charge is 0.214 e. The first-order chi connectivity index (χ1) is 8.92. The van der Waals surface area contributed by atoms with Crippen molar-refractivity contribution in [1.82, 2.24) is 4.31 Å². The van der Waals surface area contributed by atoms with Gasteiger partial charge in [0, 0.05) is 23.1 Å². The van der Waals surface area contributed by atoms with Gasteiger partial charge in [-0.25, -0.2) is 8.42 Å². The summed E-state index contributed by atoms with van der Waals surface area (Å²) in [7, 11) is -3.20. The van der Waals surface area contributed by atoms with Crippen LogP contribution in [0.25, 0.3) is 0 Å². The molecule has 1 heterocycles. The molecule has 0 aromatic heterocycles. The molecule has 19 heavy (non-hydrogen) atoms. The predicted octanol–water partition coefficient (Wildman–Crippen LogP) is 2.72. The number of sulfonamides is 1. The fourth-order valence-electron chi connectivity index (χ4n) is 2.02. The molecule has 1 aliphatic heterocycles. The Kier molecular flexibility index (Phi) is 4.74. The van der Waals surface area contributed by atoms with Gasteiger partial charge in [-0.3, -0.25) is 0 Å². The van der Waals surface area contributed by atoms with Gasteiger partial charge in [-0.05, 0) is 30.7 Å². The molecule has 0 bridgehead atoms. The maximum atomic E-state index is 11.9. The summed E-state index contributed by atoms with van der Waals surface area (Å²) in [6, 6.07) is 5.14. The monoisotopic (exact) mass is 323 g/mol. The molecule has 7 heteroatoms. The van der Waals surface area contributed by atoms with E-state index in [4.69, 9.17) is 27.9 Å². The summed E-state index contributed by atoms with van der Waals surface area (Å²) in [6.45, 7) is 2.69. The highest BCUT2D eigenvalue weighted by molar-refractivity contribution is 7.89. The van der Waals surface area contributed by atoms with Gasteiger partial charge in [-0.15, -0.1) is 0 Å². The lowest BCUT2D eigenvalue weighted by atomic mass is 10.1. The third kappa shape index (κ3) is 3.61. The highest BCUT2D eigenvalue weighted by Gasteiger charge is 2.29. The lowest BCUT2D eigenvalue weighted by molar-refractivity contribution is -0.00249. The summed E-state index contributed by atoms with van der Waals surface area (Å²) in [6.07, 6.45) is -0.328. The maximum Gasteiger partial charge on any atom is 0.214 e. The van der Waals surface area contributed by atoms with Crippen molar-refractivity contribution in [2.45, 2.75) is 13.0 Å². The van der Waals surface area contributed by atoms with E-state index in [0.717, 1.165) is 5.56 Å². The largest absolute Gasteiger partial charge is 0.371 e. The van der Waals surface area contributed by atoms with E-state index in [9.17, 15) is 8.42 Å². The summed E-state index contributed by atoms with van der Waals surface area (Å²) in [5.74, 6) is 0.0933. The summed E-state index contributed by atoms with van der Waals surface area (Å²) >= 11 is 11.9.